The van der Waals surface area contributed by atoms with Crippen LogP contribution in [0.3, 0.4) is 0 Å². The maximum absolute atomic E-state index is 12.2. The quantitative estimate of drug-likeness (QED) is 0.809. The number of carbonyl (C=O) groups excluding carboxylic acids is 2. The molecule has 2 amide bonds. The molecule has 1 aromatic carbocycles. The summed E-state index contributed by atoms with van der Waals surface area (Å²) < 4.78 is 0. The minimum Gasteiger partial charge on any atom is -0.350 e. The van der Waals surface area contributed by atoms with E-state index in [4.69, 9.17) is 0 Å². The number of carbonyl (C=O) groups is 2. The van der Waals surface area contributed by atoms with Gasteiger partial charge in [-0.1, -0.05) is 35.9 Å². The van der Waals surface area contributed by atoms with Crippen molar-refractivity contribution < 1.29 is 9.59 Å². The zero-order valence-electron chi connectivity index (χ0n) is 15.0. The van der Waals surface area contributed by atoms with Crippen molar-refractivity contribution in [3.63, 3.8) is 0 Å². The molecule has 0 atom stereocenters. The molecule has 4 nitrogen and oxygen atoms in total. The number of amides is 2. The lowest BCUT2D eigenvalue weighted by atomic mass is 10.0. The van der Waals surface area contributed by atoms with E-state index < -0.39 is 0 Å². The molecule has 134 valence electrons. The predicted molar refractivity (Wildman–Crippen MR) is 99.0 cm³/mol. The number of hydrogen-bond donors (Lipinski definition) is 1. The van der Waals surface area contributed by atoms with Crippen LogP contribution in [0.15, 0.2) is 42.0 Å². The van der Waals surface area contributed by atoms with Crippen molar-refractivity contribution in [2.75, 3.05) is 13.1 Å². The van der Waals surface area contributed by atoms with Crippen molar-refractivity contribution in [1.29, 1.82) is 0 Å². The van der Waals surface area contributed by atoms with Gasteiger partial charge in [-0.3, -0.25) is 9.59 Å². The summed E-state index contributed by atoms with van der Waals surface area (Å²) in [6.07, 6.45) is 7.42. The summed E-state index contributed by atoms with van der Waals surface area (Å²) in [7, 11) is 0. The van der Waals surface area contributed by atoms with Crippen LogP contribution >= 0.6 is 0 Å². The van der Waals surface area contributed by atoms with Crippen LogP contribution in [0.1, 0.15) is 44.6 Å². The first-order chi connectivity index (χ1) is 12.1. The summed E-state index contributed by atoms with van der Waals surface area (Å²) >= 11 is 0. The second-order valence-corrected chi connectivity index (χ2v) is 7.36. The molecule has 1 aromatic rings. The van der Waals surface area contributed by atoms with Crippen LogP contribution in [-0.2, 0) is 16.0 Å². The Labute approximate surface area is 150 Å². The minimum atomic E-state index is -0.00229. The molecule has 1 aliphatic heterocycles. The Kier molecular flexibility index (Phi) is 5.90. The molecule has 0 spiro atoms. The fraction of sp³-hybridized carbons (Fsp3) is 0.524. The first kappa shape index (κ1) is 17.7. The Hall–Kier alpha value is -2.10. The summed E-state index contributed by atoms with van der Waals surface area (Å²) in [5, 5.41) is 3.10. The number of nitrogens with one attached hydrogen (secondary N) is 1. The first-order valence-electron chi connectivity index (χ1n) is 9.42. The van der Waals surface area contributed by atoms with Crippen molar-refractivity contribution in [1.82, 2.24) is 10.2 Å². The highest BCUT2D eigenvalue weighted by Crippen LogP contribution is 2.31. The molecule has 0 radical (unpaired) electrons. The number of aryl methyl sites for hydroxylation is 1. The lowest BCUT2D eigenvalue weighted by molar-refractivity contribution is -0.133. The first-order valence-corrected chi connectivity index (χ1v) is 9.42. The minimum absolute atomic E-state index is 0.00229. The van der Waals surface area contributed by atoms with Gasteiger partial charge in [0.25, 0.3) is 0 Å². The largest absolute Gasteiger partial charge is 0.350 e. The maximum atomic E-state index is 12.2. The monoisotopic (exact) mass is 340 g/mol. The molecule has 25 heavy (non-hydrogen) atoms. The normalized spacial score (nSPS) is 18.9. The molecule has 1 N–H and O–H groups in total. The van der Waals surface area contributed by atoms with E-state index in [1.165, 1.54) is 5.56 Å². The van der Waals surface area contributed by atoms with Crippen LogP contribution in [0.4, 0.5) is 0 Å². The third-order valence-corrected chi connectivity index (χ3v) is 5.11. The van der Waals surface area contributed by atoms with Gasteiger partial charge in [-0.15, -0.1) is 0 Å². The Morgan fingerprint density at radius 3 is 2.44 bits per heavy atom. The van der Waals surface area contributed by atoms with Crippen LogP contribution < -0.4 is 5.32 Å². The fourth-order valence-electron chi connectivity index (χ4n) is 3.36. The second-order valence-electron chi connectivity index (χ2n) is 7.36. The Morgan fingerprint density at radius 1 is 1.12 bits per heavy atom. The Bertz CT molecular complexity index is 627. The molecule has 4 heteroatoms. The molecule has 2 fully saturated rings. The molecule has 0 bridgehead atoms. The van der Waals surface area contributed by atoms with Crippen LogP contribution in [-0.4, -0.2) is 35.8 Å². The zero-order valence-corrected chi connectivity index (χ0v) is 15.0. The summed E-state index contributed by atoms with van der Waals surface area (Å²) in [6, 6.07) is 10.5. The third-order valence-electron chi connectivity index (χ3n) is 5.11. The van der Waals surface area contributed by atoms with Crippen LogP contribution in [0.5, 0.6) is 0 Å². The summed E-state index contributed by atoms with van der Waals surface area (Å²) in [4.78, 5) is 26.2. The van der Waals surface area contributed by atoms with Crippen LogP contribution in [0.2, 0.25) is 0 Å². The standard InChI is InChI=1S/C21H28N2O2/c1-16(7-8-17-5-3-2-4-6-17)15-20(24)22-19-11-13-23(14-12-19)21(25)18-9-10-18/h2-6,15,18-19H,7-14H2,1H3,(H,22,24)/b16-15+. The highest BCUT2D eigenvalue weighted by Gasteiger charge is 2.34. The molecule has 3 rings (SSSR count). The fourth-order valence-corrected chi connectivity index (χ4v) is 3.36. The number of likely N-dealkylation sites (tertiary alicyclic amines) is 1. The Morgan fingerprint density at radius 2 is 1.80 bits per heavy atom. The summed E-state index contributed by atoms with van der Waals surface area (Å²) in [6.45, 7) is 3.56. The molecular weight excluding hydrogens is 312 g/mol. The molecular formula is C21H28N2O2. The molecule has 2 aliphatic rings. The zero-order chi connectivity index (χ0) is 17.6. The highest BCUT2D eigenvalue weighted by molar-refractivity contribution is 5.88. The third kappa shape index (κ3) is 5.45. The van der Waals surface area contributed by atoms with Gasteiger partial charge in [0.1, 0.15) is 0 Å². The summed E-state index contributed by atoms with van der Waals surface area (Å²) in [5.74, 6) is 0.611. The smallest absolute Gasteiger partial charge is 0.244 e. The van der Waals surface area contributed by atoms with E-state index in [0.717, 1.165) is 57.2 Å². The van der Waals surface area contributed by atoms with E-state index in [2.05, 4.69) is 17.4 Å². The van der Waals surface area contributed by atoms with Crippen LogP contribution in [0, 0.1) is 5.92 Å². The Balaban J connectivity index is 1.39. The molecule has 0 aromatic heterocycles. The average molecular weight is 340 g/mol. The number of nitrogens with zero attached hydrogens (tertiary/aromatic N) is 1. The number of benzene rings is 1. The number of hydrogen-bond acceptors (Lipinski definition) is 2. The van der Waals surface area contributed by atoms with Gasteiger partial charge < -0.3 is 10.2 Å². The van der Waals surface area contributed by atoms with Crippen molar-refractivity contribution >= 4 is 11.8 Å². The van der Waals surface area contributed by atoms with Gasteiger partial charge in [-0.05, 0) is 51.0 Å². The highest BCUT2D eigenvalue weighted by atomic mass is 16.2. The predicted octanol–water partition coefficient (Wildman–Crippen LogP) is 3.08. The van der Waals surface area contributed by atoms with Crippen molar-refractivity contribution in [3.8, 4) is 0 Å². The van der Waals surface area contributed by atoms with E-state index in [-0.39, 0.29) is 11.9 Å². The van der Waals surface area contributed by atoms with Gasteiger partial charge in [0, 0.05) is 31.1 Å². The molecule has 1 saturated heterocycles. The molecule has 1 aliphatic carbocycles. The van der Waals surface area contributed by atoms with Crippen molar-refractivity contribution in [2.24, 2.45) is 5.92 Å². The number of allylic oxidation sites excluding steroid dienone is 1. The van der Waals surface area contributed by atoms with E-state index in [9.17, 15) is 9.59 Å². The lowest BCUT2D eigenvalue weighted by Crippen LogP contribution is -2.46. The van der Waals surface area contributed by atoms with Crippen LogP contribution in [0.25, 0.3) is 0 Å². The van der Waals surface area contributed by atoms with Gasteiger partial charge in [-0.2, -0.15) is 0 Å². The maximum Gasteiger partial charge on any atom is 0.244 e. The van der Waals surface area contributed by atoms with E-state index in [1.54, 1.807) is 6.08 Å². The van der Waals surface area contributed by atoms with Gasteiger partial charge in [0.2, 0.25) is 11.8 Å². The SMILES string of the molecule is C/C(=C\C(=O)NC1CCN(C(=O)C2CC2)CC1)CCc1ccccc1. The lowest BCUT2D eigenvalue weighted by Gasteiger charge is -2.32. The molecule has 0 unspecified atom stereocenters. The van der Waals surface area contributed by atoms with Gasteiger partial charge in [0.05, 0.1) is 0 Å². The van der Waals surface area contributed by atoms with E-state index >= 15 is 0 Å². The topological polar surface area (TPSA) is 49.4 Å². The van der Waals surface area contributed by atoms with E-state index in [1.807, 2.05) is 30.0 Å². The van der Waals surface area contributed by atoms with E-state index in [0.29, 0.717) is 11.8 Å². The number of piperidine rings is 1. The molecule has 1 heterocycles. The van der Waals surface area contributed by atoms with Crippen molar-refractivity contribution in [3.05, 3.63) is 47.5 Å². The van der Waals surface area contributed by atoms with Gasteiger partial charge in [-0.25, -0.2) is 0 Å². The van der Waals surface area contributed by atoms with Gasteiger partial charge in [0.15, 0.2) is 0 Å². The molecule has 1 saturated carbocycles. The van der Waals surface area contributed by atoms with Crippen molar-refractivity contribution in [2.45, 2.75) is 51.5 Å². The number of rotatable bonds is 6. The summed E-state index contributed by atoms with van der Waals surface area (Å²) in [5.41, 5.74) is 2.39. The van der Waals surface area contributed by atoms with Gasteiger partial charge >= 0.3 is 0 Å². The average Bonchev–Trinajstić information content (AvgIpc) is 3.46. The second kappa shape index (κ2) is 8.32.